The lowest BCUT2D eigenvalue weighted by atomic mass is 10.1. The number of hydrogen-bond acceptors (Lipinski definition) is 4. The van der Waals surface area contributed by atoms with Crippen molar-refractivity contribution in [2.45, 2.75) is 71.3 Å². The van der Waals surface area contributed by atoms with Gasteiger partial charge >= 0.3 is 5.69 Å². The van der Waals surface area contributed by atoms with Crippen molar-refractivity contribution in [3.05, 3.63) is 32.9 Å². The molecule has 0 aromatic carbocycles. The van der Waals surface area contributed by atoms with Crippen LogP contribution in [0.3, 0.4) is 0 Å². The molecule has 1 heterocycles. The van der Waals surface area contributed by atoms with E-state index >= 15 is 0 Å². The number of aromatic amines is 1. The van der Waals surface area contributed by atoms with E-state index < -0.39 is 29.6 Å². The molecule has 0 unspecified atom stereocenters. The summed E-state index contributed by atoms with van der Waals surface area (Å²) in [5.41, 5.74) is 1.67. The lowest BCUT2D eigenvalue weighted by molar-refractivity contribution is -0.368. The second kappa shape index (κ2) is 14.4. The van der Waals surface area contributed by atoms with E-state index in [1.54, 1.807) is 4.98 Å². The van der Waals surface area contributed by atoms with E-state index in [9.17, 15) is 23.9 Å². The van der Waals surface area contributed by atoms with Crippen molar-refractivity contribution in [3.8, 4) is 0 Å². The first-order chi connectivity index (χ1) is 11.9. The Morgan fingerprint density at radius 3 is 2.12 bits per heavy atom. The monoisotopic (exact) mass is 359 g/mol. The summed E-state index contributed by atoms with van der Waals surface area (Å²) in [5, 5.41) is 10.0. The predicted molar refractivity (Wildman–Crippen MR) is 91.3 cm³/mol. The maximum atomic E-state index is 12.5. The Labute approximate surface area is 147 Å². The van der Waals surface area contributed by atoms with E-state index in [4.69, 9.17) is 0 Å². The topological polar surface area (TPSA) is 123 Å². The summed E-state index contributed by atoms with van der Waals surface area (Å²) in [6.45, 7) is 2.59. The lowest BCUT2D eigenvalue weighted by Crippen LogP contribution is -2.50. The van der Waals surface area contributed by atoms with Crippen LogP contribution in [0, 0.1) is 5.82 Å². The van der Waals surface area contributed by atoms with Crippen LogP contribution in [0.2, 0.25) is 0 Å². The number of aliphatic carboxylic acids is 1. The van der Waals surface area contributed by atoms with E-state index in [0.717, 1.165) is 6.54 Å². The first kappa shape index (κ1) is 23.0. The van der Waals surface area contributed by atoms with Gasteiger partial charge in [0.1, 0.15) is 0 Å². The summed E-state index contributed by atoms with van der Waals surface area (Å²) in [5.74, 6) is -2.77. The molecule has 144 valence electrons. The molecule has 0 bridgehead atoms. The van der Waals surface area contributed by atoms with Gasteiger partial charge in [-0.05, 0) is 12.8 Å². The molecule has 0 spiro atoms. The Hall–Kier alpha value is -1.96. The third-order valence-corrected chi connectivity index (χ3v) is 3.62. The number of hydrogen-bond donors (Lipinski definition) is 2. The quantitative estimate of drug-likeness (QED) is 0.547. The maximum absolute atomic E-state index is 12.5. The van der Waals surface area contributed by atoms with Gasteiger partial charge in [-0.2, -0.15) is 4.39 Å². The molecule has 0 radical (unpaired) electrons. The highest BCUT2D eigenvalue weighted by molar-refractivity contribution is 5.63. The molecule has 0 aliphatic rings. The van der Waals surface area contributed by atoms with Crippen molar-refractivity contribution >= 4 is 5.97 Å². The first-order valence-electron chi connectivity index (χ1n) is 8.90. The average Bonchev–Trinajstić information content (AvgIpc) is 2.55. The number of carboxylic acid groups (broad SMARTS) is 1. The zero-order valence-electron chi connectivity index (χ0n) is 15.0. The van der Waals surface area contributed by atoms with Gasteiger partial charge in [-0.3, -0.25) is 14.3 Å². The van der Waals surface area contributed by atoms with Gasteiger partial charge in [-0.25, -0.2) is 4.79 Å². The van der Waals surface area contributed by atoms with Gasteiger partial charge in [-0.15, -0.1) is 0 Å². The molecule has 0 fully saturated rings. The van der Waals surface area contributed by atoms with Crippen molar-refractivity contribution in [3.63, 3.8) is 0 Å². The highest BCUT2D eigenvalue weighted by Crippen LogP contribution is 2.08. The van der Waals surface area contributed by atoms with E-state index in [2.05, 4.69) is 12.7 Å². The van der Waals surface area contributed by atoms with Gasteiger partial charge in [0.25, 0.3) is 5.56 Å². The molecule has 0 aliphatic carbocycles. The molecule has 25 heavy (non-hydrogen) atoms. The van der Waals surface area contributed by atoms with Crippen molar-refractivity contribution in [2.24, 2.45) is 0 Å². The summed E-state index contributed by atoms with van der Waals surface area (Å²) < 4.78 is 13.0. The number of carbonyl (C=O) groups excluding carboxylic acids is 1. The number of rotatable bonds is 11. The van der Waals surface area contributed by atoms with Crippen LogP contribution in [0.4, 0.5) is 4.39 Å². The van der Waals surface area contributed by atoms with Crippen LogP contribution < -0.4 is 22.1 Å². The highest BCUT2D eigenvalue weighted by Gasteiger charge is 2.02. The SMILES string of the molecule is CCCCCCCCCCC[NH3+].O=C([O-])Cn1cc(F)c(=O)[nH]c1=O. The Morgan fingerprint density at radius 2 is 1.64 bits per heavy atom. The highest BCUT2D eigenvalue weighted by atomic mass is 19.1. The largest absolute Gasteiger partial charge is 0.548 e. The second-order valence-corrected chi connectivity index (χ2v) is 5.92. The number of H-pyrrole nitrogens is 1. The summed E-state index contributed by atoms with van der Waals surface area (Å²) in [7, 11) is 0. The summed E-state index contributed by atoms with van der Waals surface area (Å²) in [6, 6.07) is 0. The molecule has 4 N–H and O–H groups in total. The minimum absolute atomic E-state index is 0.492. The zero-order valence-corrected chi connectivity index (χ0v) is 15.0. The van der Waals surface area contributed by atoms with Crippen LogP contribution >= 0.6 is 0 Å². The molecule has 1 aromatic heterocycles. The summed E-state index contributed by atoms with van der Waals surface area (Å²) in [4.78, 5) is 32.9. The van der Waals surface area contributed by atoms with Crippen LogP contribution in [0.1, 0.15) is 64.7 Å². The van der Waals surface area contributed by atoms with Crippen LogP contribution in [-0.4, -0.2) is 22.1 Å². The van der Waals surface area contributed by atoms with Gasteiger partial charge in [0.15, 0.2) is 0 Å². The Kier molecular flexibility index (Phi) is 13.3. The standard InChI is InChI=1S/C11H25N.C6H5FN2O4/c1-2-3-4-5-6-7-8-9-10-11-12;7-3-1-9(2-4(10)11)6(13)8-5(3)12/h2-12H2,1H3;1H,2H2,(H,10,11)(H,8,12,13). The molecule has 0 atom stereocenters. The molecule has 7 nitrogen and oxygen atoms in total. The van der Waals surface area contributed by atoms with Gasteiger partial charge in [-0.1, -0.05) is 51.9 Å². The Bertz CT molecular complexity index is 588. The molecule has 1 rings (SSSR count). The molecular formula is C17H30FN3O4. The normalized spacial score (nSPS) is 10.2. The molecule has 8 heteroatoms. The minimum atomic E-state index is -1.55. The van der Waals surface area contributed by atoms with E-state index in [1.807, 2.05) is 0 Å². The lowest BCUT2D eigenvalue weighted by Gasteiger charge is -2.04. The fraction of sp³-hybridized carbons (Fsp3) is 0.706. The predicted octanol–water partition coefficient (Wildman–Crippen LogP) is 0.185. The Morgan fingerprint density at radius 1 is 1.12 bits per heavy atom. The van der Waals surface area contributed by atoms with E-state index in [0.29, 0.717) is 10.8 Å². The van der Waals surface area contributed by atoms with Gasteiger partial charge in [0.05, 0.1) is 25.3 Å². The van der Waals surface area contributed by atoms with Crippen molar-refractivity contribution in [2.75, 3.05) is 6.54 Å². The molecule has 1 aromatic rings. The number of nitrogens with one attached hydrogen (secondary N) is 1. The third-order valence-electron chi connectivity index (χ3n) is 3.62. The van der Waals surface area contributed by atoms with Gasteiger partial charge < -0.3 is 15.6 Å². The minimum Gasteiger partial charge on any atom is -0.548 e. The van der Waals surface area contributed by atoms with Gasteiger partial charge in [0.2, 0.25) is 5.82 Å². The van der Waals surface area contributed by atoms with Crippen molar-refractivity contribution < 1.29 is 20.0 Å². The van der Waals surface area contributed by atoms with Gasteiger partial charge in [0, 0.05) is 0 Å². The summed E-state index contributed by atoms with van der Waals surface area (Å²) in [6.07, 6.45) is 13.3. The molecule has 0 saturated heterocycles. The second-order valence-electron chi connectivity index (χ2n) is 5.92. The number of unbranched alkanes of at least 4 members (excludes halogenated alkanes) is 8. The average molecular weight is 359 g/mol. The third kappa shape index (κ3) is 12.1. The first-order valence-corrected chi connectivity index (χ1v) is 8.90. The molecule has 0 saturated carbocycles. The maximum Gasteiger partial charge on any atom is 0.328 e. The zero-order chi connectivity index (χ0) is 19.1. The molecule has 0 amide bonds. The van der Waals surface area contributed by atoms with Crippen LogP contribution in [0.5, 0.6) is 0 Å². The fourth-order valence-corrected chi connectivity index (χ4v) is 2.23. The van der Waals surface area contributed by atoms with Crippen molar-refractivity contribution in [1.82, 2.24) is 9.55 Å². The van der Waals surface area contributed by atoms with Crippen LogP contribution in [0.15, 0.2) is 15.8 Å². The van der Waals surface area contributed by atoms with Crippen molar-refractivity contribution in [1.29, 1.82) is 0 Å². The molecule has 0 aliphatic heterocycles. The fourth-order valence-electron chi connectivity index (χ4n) is 2.23. The van der Waals surface area contributed by atoms with E-state index in [1.165, 1.54) is 57.8 Å². The van der Waals surface area contributed by atoms with Crippen LogP contribution in [-0.2, 0) is 11.3 Å². The molecular weight excluding hydrogens is 329 g/mol. The number of halogens is 1. The number of carboxylic acids is 1. The Balaban J connectivity index is 0.000000463. The van der Waals surface area contributed by atoms with E-state index in [-0.39, 0.29) is 0 Å². The number of quaternary nitrogens is 1. The number of aromatic nitrogens is 2. The summed E-state index contributed by atoms with van der Waals surface area (Å²) >= 11 is 0. The van der Waals surface area contributed by atoms with Crippen LogP contribution in [0.25, 0.3) is 0 Å². The smallest absolute Gasteiger partial charge is 0.328 e. The number of carbonyl (C=O) groups is 1. The number of nitrogens with zero attached hydrogens (tertiary/aromatic N) is 1.